The number of H-pyrrole nitrogens is 2. The number of carbonyl (C=O) groups is 3. The fraction of sp³-hybridized carbons (Fsp3) is 0.373. The third kappa shape index (κ3) is 8.99. The van der Waals surface area contributed by atoms with Gasteiger partial charge in [0, 0.05) is 20.1 Å². The Morgan fingerprint density at radius 2 is 1.43 bits per heavy atom. The fourth-order valence-electron chi connectivity index (χ4n) is 10.1. The fourth-order valence-corrected chi connectivity index (χ4v) is 10.1. The van der Waals surface area contributed by atoms with Crippen molar-refractivity contribution >= 4 is 45.9 Å². The predicted molar refractivity (Wildman–Crippen MR) is 254 cm³/mol. The van der Waals surface area contributed by atoms with Crippen LogP contribution in [0.3, 0.4) is 0 Å². The monoisotopic (exact) mass is 898 g/mol. The van der Waals surface area contributed by atoms with Crippen LogP contribution in [0.25, 0.3) is 44.3 Å². The van der Waals surface area contributed by atoms with Crippen molar-refractivity contribution in [2.45, 2.75) is 94.8 Å². The molecule has 0 radical (unpaired) electrons. The summed E-state index contributed by atoms with van der Waals surface area (Å²) in [5.74, 6) is 1.04. The minimum atomic E-state index is -0.951. The van der Waals surface area contributed by atoms with E-state index in [1.165, 1.54) is 47.5 Å². The summed E-state index contributed by atoms with van der Waals surface area (Å²) in [5.41, 5.74) is 18.7. The van der Waals surface area contributed by atoms with Gasteiger partial charge in [-0.05, 0) is 120 Å². The highest BCUT2D eigenvalue weighted by atomic mass is 16.5. The molecule has 4 heterocycles. The number of urea groups is 1. The summed E-state index contributed by atoms with van der Waals surface area (Å²) in [4.78, 5) is 64.1. The molecule has 0 saturated carbocycles. The molecule has 5 atom stereocenters. The number of aliphatic imine (C=N–C) groups is 1. The van der Waals surface area contributed by atoms with Crippen LogP contribution in [0.15, 0.2) is 77.8 Å². The number of likely N-dealkylation sites (tertiary alicyclic amines) is 2. The Bertz CT molecular complexity index is 3000. The molecule has 4 amide bonds. The molecule has 4 aliphatic carbocycles. The number of rotatable bonds is 10. The van der Waals surface area contributed by atoms with E-state index in [4.69, 9.17) is 20.4 Å². The van der Waals surface area contributed by atoms with Crippen molar-refractivity contribution in [1.82, 2.24) is 40.4 Å². The summed E-state index contributed by atoms with van der Waals surface area (Å²) < 4.78 is 4.98. The number of nitrogens with zero attached hydrogens (tertiary/aromatic N) is 7. The standard InChI is InChI=1S/C51H54N12O4/c1-29-24-33-11-9-30(25-36(33)34-14-16-38-42(27-34)58-46(56-38)44-6-4-22-62(44)48(64)40(18-20-52)60-50(54)67-3)8-10-31-12-13-32(29)26-37(31)35-15-17-39-43(28-35)59-47(57-39)45-7-5-23-63(45)49(65)41(19-21-53)61-51(66)55-2/h9,11-17,25-29,40-41,44-45H,4-8,10,18-19,22-24H2,1-3H3,(H2,54,60)(H,56,58)(H,57,59)(H2,55,61,66)/t29-,40+,41+,44+,45+/m1/s1. The Morgan fingerprint density at radius 1 is 0.821 bits per heavy atom. The van der Waals surface area contributed by atoms with Gasteiger partial charge in [-0.25, -0.2) is 19.8 Å². The van der Waals surface area contributed by atoms with Gasteiger partial charge < -0.3 is 40.9 Å². The van der Waals surface area contributed by atoms with E-state index in [0.717, 1.165) is 78.1 Å². The highest BCUT2D eigenvalue weighted by molar-refractivity contribution is 5.89. The smallest absolute Gasteiger partial charge is 0.315 e. The molecule has 2 aromatic heterocycles. The molecule has 2 aliphatic heterocycles. The average molecular weight is 899 g/mol. The van der Waals surface area contributed by atoms with E-state index in [9.17, 15) is 24.9 Å². The Labute approximate surface area is 388 Å². The minimum absolute atomic E-state index is 0.104. The van der Waals surface area contributed by atoms with Gasteiger partial charge in [-0.1, -0.05) is 55.5 Å². The van der Waals surface area contributed by atoms with Crippen molar-refractivity contribution in [3.05, 3.63) is 107 Å². The molecule has 6 aromatic rings. The van der Waals surface area contributed by atoms with Crippen LogP contribution in [0.5, 0.6) is 0 Å². The van der Waals surface area contributed by atoms with Crippen LogP contribution < -0.4 is 16.4 Å². The van der Waals surface area contributed by atoms with Gasteiger partial charge in [0.05, 0.1) is 66.2 Å². The van der Waals surface area contributed by atoms with E-state index in [2.05, 4.69) is 99.3 Å². The van der Waals surface area contributed by atoms with Crippen LogP contribution in [0.1, 0.15) is 97.4 Å². The Morgan fingerprint density at radius 3 is 2.04 bits per heavy atom. The molecule has 0 unspecified atom stereocenters. The van der Waals surface area contributed by atoms with Crippen LogP contribution in [0, 0.1) is 22.7 Å². The zero-order valence-electron chi connectivity index (χ0n) is 37.9. The first-order chi connectivity index (χ1) is 32.5. The number of aromatic amines is 2. The summed E-state index contributed by atoms with van der Waals surface area (Å²) in [6.45, 7) is 3.33. The molecular weight excluding hydrogens is 845 g/mol. The molecule has 0 spiro atoms. The lowest BCUT2D eigenvalue weighted by atomic mass is 9.84. The van der Waals surface area contributed by atoms with E-state index < -0.39 is 18.1 Å². The van der Waals surface area contributed by atoms with Gasteiger partial charge in [0.1, 0.15) is 23.7 Å². The molecule has 6 aliphatic rings. The van der Waals surface area contributed by atoms with Gasteiger partial charge in [-0.2, -0.15) is 10.5 Å². The number of imidazole rings is 2. The Balaban J connectivity index is 0.960. The number of hydrogen-bond donors (Lipinski definition) is 5. The van der Waals surface area contributed by atoms with E-state index in [-0.39, 0.29) is 48.7 Å². The maximum absolute atomic E-state index is 13.7. The predicted octanol–water partition coefficient (Wildman–Crippen LogP) is 7.00. The number of nitrogens with one attached hydrogen (secondary N) is 4. The van der Waals surface area contributed by atoms with Gasteiger partial charge in [0.15, 0.2) is 0 Å². The van der Waals surface area contributed by atoms with Crippen molar-refractivity contribution < 1.29 is 19.1 Å². The highest BCUT2D eigenvalue weighted by Crippen LogP contribution is 2.39. The summed E-state index contributed by atoms with van der Waals surface area (Å²) in [7, 11) is 2.86. The number of methoxy groups -OCH3 is 1. The van der Waals surface area contributed by atoms with E-state index in [0.29, 0.717) is 24.7 Å². The van der Waals surface area contributed by atoms with Gasteiger partial charge in [0.2, 0.25) is 11.8 Å². The number of nitriles is 2. The van der Waals surface area contributed by atoms with E-state index >= 15 is 0 Å². The van der Waals surface area contributed by atoms with Crippen molar-refractivity contribution in [2.24, 2.45) is 10.7 Å². The maximum atomic E-state index is 13.7. The molecule has 16 nitrogen and oxygen atoms in total. The molecule has 2 fully saturated rings. The Hall–Kier alpha value is -7.72. The van der Waals surface area contributed by atoms with E-state index in [1.54, 1.807) is 9.80 Å². The molecule has 16 heteroatoms. The third-order valence-corrected chi connectivity index (χ3v) is 13.6. The molecule has 4 aromatic carbocycles. The number of amidine groups is 1. The van der Waals surface area contributed by atoms with Gasteiger partial charge in [-0.15, -0.1) is 0 Å². The van der Waals surface area contributed by atoms with Gasteiger partial charge in [-0.3, -0.25) is 9.59 Å². The first-order valence-electron chi connectivity index (χ1n) is 23.0. The maximum Gasteiger partial charge on any atom is 0.315 e. The number of benzene rings is 4. The van der Waals surface area contributed by atoms with Crippen molar-refractivity contribution in [3.63, 3.8) is 0 Å². The normalized spacial score (nSPS) is 19.1. The van der Waals surface area contributed by atoms with Crippen LogP contribution in [0.4, 0.5) is 4.79 Å². The largest absolute Gasteiger partial charge is 0.469 e. The number of nitrogens with two attached hydrogens (primary N) is 1. The van der Waals surface area contributed by atoms with E-state index in [1.807, 2.05) is 18.2 Å². The van der Waals surface area contributed by atoms with Crippen LogP contribution in [-0.2, 0) is 33.6 Å². The number of aromatic nitrogens is 4. The third-order valence-electron chi connectivity index (χ3n) is 13.6. The topological polar surface area (TPSA) is 234 Å². The number of amides is 4. The van der Waals surface area contributed by atoms with Crippen molar-refractivity contribution in [3.8, 4) is 34.4 Å². The number of ether oxygens (including phenoxy) is 1. The first-order valence-corrected chi connectivity index (χ1v) is 23.0. The van der Waals surface area contributed by atoms with Crippen LogP contribution in [0.2, 0.25) is 0 Å². The highest BCUT2D eigenvalue weighted by Gasteiger charge is 2.37. The lowest BCUT2D eigenvalue weighted by Crippen LogP contribution is -2.50. The van der Waals surface area contributed by atoms with Crippen molar-refractivity contribution in [2.75, 3.05) is 27.2 Å². The number of carbonyl (C=O) groups excluding carboxylic acids is 3. The molecule has 2 saturated heterocycles. The second kappa shape index (κ2) is 19.0. The summed E-state index contributed by atoms with van der Waals surface area (Å²) in [6, 6.07) is 27.4. The van der Waals surface area contributed by atoms with Crippen LogP contribution >= 0.6 is 0 Å². The SMILES string of the molecule is CNC(=O)N[C@@H](CC#N)C(=O)N1CCC[C@H]1c1nc2ccc(-c3cc4ccc3CCc3ccc(c(-c5ccc6nc([C@@H]7CCCN7C(=O)[C@H](CC#N)N=C(N)OC)[nH]c6c5)c3)C[C@H]4C)cc2[nH]1. The van der Waals surface area contributed by atoms with Gasteiger partial charge >= 0.3 is 6.03 Å². The quantitative estimate of drug-likeness (QED) is 0.0702. The second-order valence-corrected chi connectivity index (χ2v) is 17.8. The van der Waals surface area contributed by atoms with Gasteiger partial charge in [0.25, 0.3) is 6.02 Å². The minimum Gasteiger partial charge on any atom is -0.469 e. The second-order valence-electron chi connectivity index (χ2n) is 17.8. The first kappa shape index (κ1) is 44.5. The van der Waals surface area contributed by atoms with Crippen molar-refractivity contribution in [1.29, 1.82) is 10.5 Å². The van der Waals surface area contributed by atoms with Crippen LogP contribution in [-0.4, -0.2) is 92.9 Å². The lowest BCUT2D eigenvalue weighted by molar-refractivity contribution is -0.134. The zero-order valence-corrected chi connectivity index (χ0v) is 37.9. The summed E-state index contributed by atoms with van der Waals surface area (Å²) >= 11 is 0. The number of aryl methyl sites for hydroxylation is 2. The average Bonchev–Trinajstić information content (AvgIpc) is 4.18. The molecular formula is C51H54N12O4. The summed E-state index contributed by atoms with van der Waals surface area (Å²) in [5, 5.41) is 23.9. The Kier molecular flexibility index (Phi) is 12.6. The molecule has 4 bridgehead atoms. The zero-order chi connectivity index (χ0) is 46.8. The molecule has 67 heavy (non-hydrogen) atoms. The number of hydrogen-bond acceptors (Lipinski definition) is 9. The number of fused-ring (bicyclic) bond motifs is 2. The lowest BCUT2D eigenvalue weighted by Gasteiger charge is -2.27. The molecule has 342 valence electrons. The molecule has 6 N–H and O–H groups in total. The summed E-state index contributed by atoms with van der Waals surface area (Å²) in [6.07, 6.45) is 5.33. The molecule has 12 rings (SSSR count).